The third kappa shape index (κ3) is 3.75. The average Bonchev–Trinajstić information content (AvgIpc) is 3.86. The fourth-order valence-electron chi connectivity index (χ4n) is 6.60. The van der Waals surface area contributed by atoms with Crippen LogP contribution in [0, 0.1) is 13.8 Å². The molecule has 0 fully saturated rings. The molecule has 0 atom stereocenters. The van der Waals surface area contributed by atoms with Gasteiger partial charge in [0.05, 0.1) is 22.1 Å². The Bertz CT molecular complexity index is 2320. The van der Waals surface area contributed by atoms with Crippen LogP contribution >= 0.6 is 34.0 Å². The van der Waals surface area contributed by atoms with Crippen LogP contribution < -0.4 is 0 Å². The van der Waals surface area contributed by atoms with E-state index in [0.29, 0.717) is 0 Å². The number of benzene rings is 4. The number of thiophene rings is 3. The van der Waals surface area contributed by atoms with Gasteiger partial charge in [-0.1, -0.05) is 72.8 Å². The first-order chi connectivity index (χ1) is 21.2. The molecule has 5 heterocycles. The summed E-state index contributed by atoms with van der Waals surface area (Å²) in [5.74, 6) is 0. The summed E-state index contributed by atoms with van der Waals surface area (Å²) in [6, 6.07) is 44.8. The number of aromatic nitrogens is 2. The van der Waals surface area contributed by atoms with Crippen molar-refractivity contribution in [1.29, 1.82) is 0 Å². The molecule has 0 spiro atoms. The van der Waals surface area contributed by atoms with Gasteiger partial charge in [-0.3, -0.25) is 9.13 Å². The summed E-state index contributed by atoms with van der Waals surface area (Å²) in [4.78, 5) is 5.21. The Morgan fingerprint density at radius 2 is 0.837 bits per heavy atom. The number of nitrogens with zero attached hydrogens (tertiary/aromatic N) is 2. The predicted molar refractivity (Wildman–Crippen MR) is 189 cm³/mol. The Balaban J connectivity index is 1.30. The van der Waals surface area contributed by atoms with Crippen molar-refractivity contribution < 1.29 is 0 Å². The molecule has 0 unspecified atom stereocenters. The first kappa shape index (κ1) is 25.1. The standard InChI is InChI=1S/C38H26N2S3/c1-23-17-21-35(41-23)39-31-15-5-3-9-25(31)27-11-7-13-29(37(27)39)33-19-20-34(43-33)30-14-8-12-28-26-10-4-6-16-32(26)40(38(28)30)36-22-18-24(2)42-36/h3-22H,1-2H3. The van der Waals surface area contributed by atoms with E-state index in [1.54, 1.807) is 0 Å². The van der Waals surface area contributed by atoms with Crippen molar-refractivity contribution in [3.05, 3.63) is 131 Å². The normalized spacial score (nSPS) is 12.0. The summed E-state index contributed by atoms with van der Waals surface area (Å²) in [5.41, 5.74) is 7.61. The minimum absolute atomic E-state index is 1.25. The van der Waals surface area contributed by atoms with Crippen molar-refractivity contribution in [1.82, 2.24) is 9.13 Å². The number of aryl methyl sites for hydroxylation is 2. The van der Waals surface area contributed by atoms with Crippen molar-refractivity contribution in [3.8, 4) is 30.9 Å². The van der Waals surface area contributed by atoms with Gasteiger partial charge >= 0.3 is 0 Å². The molecule has 9 aromatic rings. The fourth-order valence-corrected chi connectivity index (χ4v) is 9.43. The van der Waals surface area contributed by atoms with E-state index in [1.807, 2.05) is 34.0 Å². The highest BCUT2D eigenvalue weighted by atomic mass is 32.1. The molecule has 5 aromatic heterocycles. The molecular weight excluding hydrogens is 581 g/mol. The Morgan fingerprint density at radius 3 is 1.28 bits per heavy atom. The largest absolute Gasteiger partial charge is 0.300 e. The van der Waals surface area contributed by atoms with E-state index < -0.39 is 0 Å². The average molecular weight is 607 g/mol. The Labute approximate surface area is 261 Å². The van der Waals surface area contributed by atoms with E-state index in [9.17, 15) is 0 Å². The number of rotatable bonds is 4. The summed E-state index contributed by atoms with van der Waals surface area (Å²) in [6.45, 7) is 4.37. The molecule has 9 rings (SSSR count). The smallest absolute Gasteiger partial charge is 0.100 e. The highest BCUT2D eigenvalue weighted by molar-refractivity contribution is 7.19. The zero-order chi connectivity index (χ0) is 28.7. The van der Waals surface area contributed by atoms with Crippen LogP contribution in [-0.2, 0) is 0 Å². The molecule has 4 aromatic carbocycles. The summed E-state index contributed by atoms with van der Waals surface area (Å²) >= 11 is 5.59. The van der Waals surface area contributed by atoms with Gasteiger partial charge in [0, 0.05) is 52.2 Å². The van der Waals surface area contributed by atoms with E-state index in [-0.39, 0.29) is 0 Å². The predicted octanol–water partition coefficient (Wildman–Crippen LogP) is 12.0. The first-order valence-electron chi connectivity index (χ1n) is 14.4. The van der Waals surface area contributed by atoms with Crippen LogP contribution in [0.5, 0.6) is 0 Å². The van der Waals surface area contributed by atoms with Crippen molar-refractivity contribution in [2.75, 3.05) is 0 Å². The molecule has 0 aliphatic heterocycles. The molecule has 206 valence electrons. The molecule has 5 heteroatoms. The van der Waals surface area contributed by atoms with Crippen LogP contribution in [0.2, 0.25) is 0 Å². The van der Waals surface area contributed by atoms with E-state index in [0.717, 1.165) is 0 Å². The van der Waals surface area contributed by atoms with Gasteiger partial charge in [-0.2, -0.15) is 0 Å². The van der Waals surface area contributed by atoms with Gasteiger partial charge in [0.2, 0.25) is 0 Å². The monoisotopic (exact) mass is 606 g/mol. The lowest BCUT2D eigenvalue weighted by Crippen LogP contribution is -1.92. The third-order valence-electron chi connectivity index (χ3n) is 8.42. The number of para-hydroxylation sites is 4. The van der Waals surface area contributed by atoms with E-state index in [2.05, 4.69) is 144 Å². The van der Waals surface area contributed by atoms with Crippen LogP contribution in [0.4, 0.5) is 0 Å². The van der Waals surface area contributed by atoms with Gasteiger partial charge in [0.1, 0.15) is 10.0 Å². The molecule has 43 heavy (non-hydrogen) atoms. The number of hydrogen-bond donors (Lipinski definition) is 0. The Hall–Kier alpha value is -4.42. The Morgan fingerprint density at radius 1 is 0.395 bits per heavy atom. The number of fused-ring (bicyclic) bond motifs is 6. The van der Waals surface area contributed by atoms with Gasteiger partial charge in [-0.25, -0.2) is 0 Å². The van der Waals surface area contributed by atoms with Crippen molar-refractivity contribution in [2.45, 2.75) is 13.8 Å². The van der Waals surface area contributed by atoms with E-state index in [4.69, 9.17) is 0 Å². The highest BCUT2D eigenvalue weighted by Gasteiger charge is 2.21. The molecule has 2 nitrogen and oxygen atoms in total. The third-order valence-corrected chi connectivity index (χ3v) is 11.5. The molecule has 0 amide bonds. The van der Waals surface area contributed by atoms with Crippen molar-refractivity contribution >= 4 is 77.6 Å². The van der Waals surface area contributed by atoms with Crippen LogP contribution in [0.25, 0.3) is 74.5 Å². The topological polar surface area (TPSA) is 9.86 Å². The van der Waals surface area contributed by atoms with Crippen LogP contribution in [0.3, 0.4) is 0 Å². The summed E-state index contributed by atoms with van der Waals surface area (Å²) in [5, 5.41) is 7.70. The quantitative estimate of drug-likeness (QED) is 0.189. The molecule has 0 saturated carbocycles. The molecule has 0 aliphatic rings. The maximum absolute atomic E-state index is 2.47. The first-order valence-corrected chi connectivity index (χ1v) is 16.9. The summed E-state index contributed by atoms with van der Waals surface area (Å²) < 4.78 is 4.93. The van der Waals surface area contributed by atoms with Gasteiger partial charge in [-0.05, 0) is 62.4 Å². The van der Waals surface area contributed by atoms with Gasteiger partial charge in [0.25, 0.3) is 0 Å². The zero-order valence-electron chi connectivity index (χ0n) is 23.7. The molecular formula is C38H26N2S3. The molecule has 0 bridgehead atoms. The molecule has 0 radical (unpaired) electrons. The van der Waals surface area contributed by atoms with Gasteiger partial charge < -0.3 is 0 Å². The zero-order valence-corrected chi connectivity index (χ0v) is 26.1. The number of hydrogen-bond acceptors (Lipinski definition) is 3. The summed E-state index contributed by atoms with van der Waals surface area (Å²) in [6.07, 6.45) is 0. The maximum Gasteiger partial charge on any atom is 0.100 e. The summed E-state index contributed by atoms with van der Waals surface area (Å²) in [7, 11) is 0. The van der Waals surface area contributed by atoms with Gasteiger partial charge in [0.15, 0.2) is 0 Å². The second-order valence-corrected chi connectivity index (χ2v) is 14.7. The van der Waals surface area contributed by atoms with Crippen molar-refractivity contribution in [2.24, 2.45) is 0 Å². The van der Waals surface area contributed by atoms with Crippen LogP contribution in [0.15, 0.2) is 121 Å². The minimum atomic E-state index is 1.25. The Kier molecular flexibility index (Phi) is 5.57. The SMILES string of the molecule is Cc1ccc(-n2c3ccccc3c3cccc(-c4ccc(-c5cccc6c7ccccc7n(-c7ccc(C)s7)c56)s4)c32)s1. The van der Waals surface area contributed by atoms with Crippen LogP contribution in [-0.4, -0.2) is 9.13 Å². The van der Waals surface area contributed by atoms with E-state index in [1.165, 1.54) is 84.2 Å². The lowest BCUT2D eigenvalue weighted by molar-refractivity contribution is 1.22. The van der Waals surface area contributed by atoms with Crippen LogP contribution in [0.1, 0.15) is 9.75 Å². The lowest BCUT2D eigenvalue weighted by Gasteiger charge is -2.09. The van der Waals surface area contributed by atoms with Crippen molar-refractivity contribution in [3.63, 3.8) is 0 Å². The second kappa shape index (κ2) is 9.55. The lowest BCUT2D eigenvalue weighted by atomic mass is 10.1. The van der Waals surface area contributed by atoms with Gasteiger partial charge in [-0.15, -0.1) is 34.0 Å². The van der Waals surface area contributed by atoms with E-state index >= 15 is 0 Å². The fraction of sp³-hybridized carbons (Fsp3) is 0.0526. The maximum atomic E-state index is 2.47. The molecule has 0 N–H and O–H groups in total. The minimum Gasteiger partial charge on any atom is -0.300 e. The second-order valence-electron chi connectivity index (χ2n) is 11.0. The molecule has 0 aliphatic carbocycles. The highest BCUT2D eigenvalue weighted by Crippen LogP contribution is 2.45. The molecule has 0 saturated heterocycles.